The van der Waals surface area contributed by atoms with Crippen molar-refractivity contribution in [3.05, 3.63) is 0 Å². The van der Waals surface area contributed by atoms with Crippen LogP contribution < -0.4 is 5.32 Å². The molecule has 1 saturated carbocycles. The van der Waals surface area contributed by atoms with E-state index in [9.17, 15) is 8.42 Å². The SMILES string of the molecule is CCS(=O)(=O)CCCNCCCOCC1CC1. The van der Waals surface area contributed by atoms with Crippen molar-refractivity contribution in [3.63, 3.8) is 0 Å². The molecule has 0 spiro atoms. The van der Waals surface area contributed by atoms with E-state index in [2.05, 4.69) is 5.32 Å². The molecule has 17 heavy (non-hydrogen) atoms. The van der Waals surface area contributed by atoms with Crippen LogP contribution in [-0.2, 0) is 14.6 Å². The summed E-state index contributed by atoms with van der Waals surface area (Å²) in [6.07, 6.45) is 4.39. The number of sulfone groups is 1. The van der Waals surface area contributed by atoms with E-state index < -0.39 is 9.84 Å². The molecule has 0 radical (unpaired) electrons. The van der Waals surface area contributed by atoms with Crippen LogP contribution in [0.2, 0.25) is 0 Å². The molecule has 0 saturated heterocycles. The summed E-state index contributed by atoms with van der Waals surface area (Å²) in [6, 6.07) is 0. The molecule has 1 aliphatic rings. The third-order valence-electron chi connectivity index (χ3n) is 2.94. The second-order valence-corrected chi connectivity index (χ2v) is 7.18. The number of nitrogens with one attached hydrogen (secondary N) is 1. The van der Waals surface area contributed by atoms with Gasteiger partial charge in [-0.2, -0.15) is 0 Å². The Balaban J connectivity index is 1.77. The van der Waals surface area contributed by atoms with Crippen LogP contribution in [0.15, 0.2) is 0 Å². The van der Waals surface area contributed by atoms with Crippen LogP contribution >= 0.6 is 0 Å². The molecule has 0 aliphatic heterocycles. The fourth-order valence-corrected chi connectivity index (χ4v) is 2.39. The molecule has 0 aromatic heterocycles. The maximum atomic E-state index is 11.2. The maximum absolute atomic E-state index is 11.2. The predicted molar refractivity (Wildman–Crippen MR) is 70.0 cm³/mol. The van der Waals surface area contributed by atoms with E-state index in [1.165, 1.54) is 12.8 Å². The summed E-state index contributed by atoms with van der Waals surface area (Å²) >= 11 is 0. The van der Waals surface area contributed by atoms with Crippen molar-refractivity contribution in [2.75, 3.05) is 37.8 Å². The Bertz CT molecular complexity index is 286. The number of hydrogen-bond acceptors (Lipinski definition) is 4. The van der Waals surface area contributed by atoms with E-state index in [-0.39, 0.29) is 5.75 Å². The molecule has 0 heterocycles. The lowest BCUT2D eigenvalue weighted by Gasteiger charge is -2.05. The highest BCUT2D eigenvalue weighted by atomic mass is 32.2. The zero-order valence-corrected chi connectivity index (χ0v) is 11.6. The van der Waals surface area contributed by atoms with Crippen molar-refractivity contribution < 1.29 is 13.2 Å². The van der Waals surface area contributed by atoms with Crippen molar-refractivity contribution in [3.8, 4) is 0 Å². The third-order valence-corrected chi connectivity index (χ3v) is 4.73. The largest absolute Gasteiger partial charge is 0.381 e. The smallest absolute Gasteiger partial charge is 0.150 e. The van der Waals surface area contributed by atoms with E-state index in [1.807, 2.05) is 0 Å². The van der Waals surface area contributed by atoms with Gasteiger partial charge in [0.2, 0.25) is 0 Å². The zero-order chi connectivity index (χ0) is 12.6. The minimum absolute atomic E-state index is 0.252. The molecular formula is C12H25NO3S. The fourth-order valence-electron chi connectivity index (χ4n) is 1.52. The van der Waals surface area contributed by atoms with Crippen molar-refractivity contribution >= 4 is 9.84 Å². The van der Waals surface area contributed by atoms with Crippen molar-refractivity contribution in [2.45, 2.75) is 32.6 Å². The lowest BCUT2D eigenvalue weighted by Crippen LogP contribution is -2.21. The van der Waals surface area contributed by atoms with Gasteiger partial charge in [-0.15, -0.1) is 0 Å². The van der Waals surface area contributed by atoms with Crippen LogP contribution in [0.25, 0.3) is 0 Å². The molecule has 0 amide bonds. The predicted octanol–water partition coefficient (Wildman–Crippen LogP) is 1.22. The second kappa shape index (κ2) is 8.06. The molecule has 1 rings (SSSR count). The number of ether oxygens (including phenoxy) is 1. The highest BCUT2D eigenvalue weighted by Gasteiger charge is 2.20. The quantitative estimate of drug-likeness (QED) is 0.569. The standard InChI is InChI=1S/C12H25NO3S/c1-2-17(14,15)10-4-8-13-7-3-9-16-11-12-5-6-12/h12-13H,2-11H2,1H3. The highest BCUT2D eigenvalue weighted by molar-refractivity contribution is 7.91. The van der Waals surface area contributed by atoms with Gasteiger partial charge in [0.05, 0.1) is 5.75 Å². The van der Waals surface area contributed by atoms with E-state index in [1.54, 1.807) is 6.92 Å². The van der Waals surface area contributed by atoms with Crippen molar-refractivity contribution in [1.82, 2.24) is 5.32 Å². The van der Waals surface area contributed by atoms with Gasteiger partial charge in [-0.1, -0.05) is 6.92 Å². The minimum atomic E-state index is -2.79. The average Bonchev–Trinajstić information content (AvgIpc) is 3.11. The molecule has 5 heteroatoms. The van der Waals surface area contributed by atoms with Crippen LogP contribution in [0.4, 0.5) is 0 Å². The molecule has 1 aliphatic carbocycles. The lowest BCUT2D eigenvalue weighted by molar-refractivity contribution is 0.122. The van der Waals surface area contributed by atoms with Gasteiger partial charge in [0.1, 0.15) is 9.84 Å². The molecule has 1 fully saturated rings. The first kappa shape index (κ1) is 14.9. The molecule has 4 nitrogen and oxygen atoms in total. The van der Waals surface area contributed by atoms with Crippen LogP contribution in [0.1, 0.15) is 32.6 Å². The van der Waals surface area contributed by atoms with Crippen molar-refractivity contribution in [1.29, 1.82) is 0 Å². The summed E-state index contributed by atoms with van der Waals surface area (Å²) in [6.45, 7) is 5.13. The van der Waals surface area contributed by atoms with Gasteiger partial charge >= 0.3 is 0 Å². The molecule has 0 bridgehead atoms. The Labute approximate surface area is 105 Å². The normalized spacial score (nSPS) is 16.3. The summed E-state index contributed by atoms with van der Waals surface area (Å²) in [5.41, 5.74) is 0. The fraction of sp³-hybridized carbons (Fsp3) is 1.00. The molecule has 1 N–H and O–H groups in total. The molecular weight excluding hydrogens is 238 g/mol. The van der Waals surface area contributed by atoms with Crippen LogP contribution in [-0.4, -0.2) is 46.2 Å². The molecule has 0 atom stereocenters. The summed E-state index contributed by atoms with van der Waals surface area (Å²) in [4.78, 5) is 0. The Morgan fingerprint density at radius 1 is 1.24 bits per heavy atom. The Morgan fingerprint density at radius 2 is 1.94 bits per heavy atom. The van der Waals surface area contributed by atoms with Gasteiger partial charge in [0, 0.05) is 19.0 Å². The van der Waals surface area contributed by atoms with E-state index >= 15 is 0 Å². The van der Waals surface area contributed by atoms with Gasteiger partial charge < -0.3 is 10.1 Å². The first-order chi connectivity index (χ1) is 8.14. The van der Waals surface area contributed by atoms with Crippen LogP contribution in [0.5, 0.6) is 0 Å². The molecule has 0 aromatic rings. The second-order valence-electron chi connectivity index (χ2n) is 4.71. The summed E-state index contributed by atoms with van der Waals surface area (Å²) in [5.74, 6) is 1.39. The lowest BCUT2D eigenvalue weighted by atomic mass is 10.4. The zero-order valence-electron chi connectivity index (χ0n) is 10.8. The minimum Gasteiger partial charge on any atom is -0.381 e. The van der Waals surface area contributed by atoms with Crippen molar-refractivity contribution in [2.24, 2.45) is 5.92 Å². The average molecular weight is 263 g/mol. The van der Waals surface area contributed by atoms with Gasteiger partial charge in [0.15, 0.2) is 0 Å². The van der Waals surface area contributed by atoms with E-state index in [4.69, 9.17) is 4.74 Å². The highest BCUT2D eigenvalue weighted by Crippen LogP contribution is 2.28. The van der Waals surface area contributed by atoms with Gasteiger partial charge in [-0.25, -0.2) is 8.42 Å². The maximum Gasteiger partial charge on any atom is 0.150 e. The summed E-state index contributed by atoms with van der Waals surface area (Å²) in [5, 5.41) is 3.24. The molecule has 0 aromatic carbocycles. The number of hydrogen-bond donors (Lipinski definition) is 1. The molecule has 0 unspecified atom stereocenters. The van der Waals surface area contributed by atoms with E-state index in [0.29, 0.717) is 12.2 Å². The first-order valence-electron chi connectivity index (χ1n) is 6.63. The molecule has 102 valence electrons. The topological polar surface area (TPSA) is 55.4 Å². The number of rotatable bonds is 11. The summed E-state index contributed by atoms with van der Waals surface area (Å²) < 4.78 is 27.9. The first-order valence-corrected chi connectivity index (χ1v) is 8.45. The van der Waals surface area contributed by atoms with Crippen LogP contribution in [0, 0.1) is 5.92 Å². The Hall–Kier alpha value is -0.130. The monoisotopic (exact) mass is 263 g/mol. The van der Waals surface area contributed by atoms with Gasteiger partial charge in [0.25, 0.3) is 0 Å². The Kier molecular flexibility index (Phi) is 7.08. The van der Waals surface area contributed by atoms with Gasteiger partial charge in [-0.3, -0.25) is 0 Å². The summed E-state index contributed by atoms with van der Waals surface area (Å²) in [7, 11) is -2.79. The van der Waals surface area contributed by atoms with Crippen LogP contribution in [0.3, 0.4) is 0 Å². The van der Waals surface area contributed by atoms with Gasteiger partial charge in [-0.05, 0) is 44.7 Å². The Morgan fingerprint density at radius 3 is 2.59 bits per heavy atom. The van der Waals surface area contributed by atoms with E-state index in [0.717, 1.165) is 38.6 Å². The third kappa shape index (κ3) is 8.57.